The molecule has 0 bridgehead atoms. The number of fused-ring (bicyclic) bond motifs is 1. The maximum Gasteiger partial charge on any atom is 0.312 e. The molecule has 0 N–H and O–H groups in total. The van der Waals surface area contributed by atoms with E-state index in [0.717, 1.165) is 12.1 Å². The molecule has 0 atom stereocenters. The second kappa shape index (κ2) is 7.23. The predicted molar refractivity (Wildman–Crippen MR) is 88.9 cm³/mol. The quantitative estimate of drug-likeness (QED) is 0.786. The zero-order valence-corrected chi connectivity index (χ0v) is 14.6. The molecule has 0 fully saturated rings. The van der Waals surface area contributed by atoms with E-state index in [4.69, 9.17) is 4.52 Å². The van der Waals surface area contributed by atoms with Gasteiger partial charge in [-0.15, -0.1) is 0 Å². The van der Waals surface area contributed by atoms with E-state index in [1.54, 1.807) is 0 Å². The summed E-state index contributed by atoms with van der Waals surface area (Å²) in [5.41, 5.74) is 1.33. The van der Waals surface area contributed by atoms with Gasteiger partial charge in [-0.3, -0.25) is 9.59 Å². The molecule has 0 aliphatic carbocycles. The Bertz CT molecular complexity index is 846. The van der Waals surface area contributed by atoms with Gasteiger partial charge in [0.1, 0.15) is 11.5 Å². The molecule has 8 heteroatoms. The maximum absolute atomic E-state index is 13.5. The topological polar surface area (TPSA) is 66.7 Å². The minimum atomic E-state index is -0.986. The summed E-state index contributed by atoms with van der Waals surface area (Å²) < 4.78 is 32.0. The highest BCUT2D eigenvalue weighted by molar-refractivity contribution is 6.34. The van der Waals surface area contributed by atoms with Gasteiger partial charge in [0.05, 0.1) is 6.54 Å². The third kappa shape index (κ3) is 3.18. The first-order valence-electron chi connectivity index (χ1n) is 8.47. The Morgan fingerprint density at radius 2 is 1.96 bits per heavy atom. The van der Waals surface area contributed by atoms with E-state index in [-0.39, 0.29) is 6.54 Å². The van der Waals surface area contributed by atoms with Crippen LogP contribution in [0.2, 0.25) is 0 Å². The minimum Gasteiger partial charge on any atom is -0.360 e. The van der Waals surface area contributed by atoms with Crippen LogP contribution in [0.15, 0.2) is 22.7 Å². The molecule has 1 aromatic carbocycles. The van der Waals surface area contributed by atoms with Crippen LogP contribution in [-0.4, -0.2) is 46.4 Å². The molecule has 3 rings (SSSR count). The largest absolute Gasteiger partial charge is 0.360 e. The highest BCUT2D eigenvalue weighted by Gasteiger charge is 2.32. The molecular formula is C18H19F2N3O3. The molecule has 2 heterocycles. The van der Waals surface area contributed by atoms with Crippen molar-refractivity contribution in [1.82, 2.24) is 15.0 Å². The molecule has 0 saturated carbocycles. The van der Waals surface area contributed by atoms with Crippen molar-refractivity contribution >= 4 is 11.8 Å². The average molecular weight is 363 g/mol. The summed E-state index contributed by atoms with van der Waals surface area (Å²) in [5, 5.41) is 3.95. The number of benzene rings is 1. The fourth-order valence-corrected chi connectivity index (χ4v) is 3.03. The van der Waals surface area contributed by atoms with E-state index < -0.39 is 23.4 Å². The van der Waals surface area contributed by atoms with E-state index in [0.29, 0.717) is 48.6 Å². The van der Waals surface area contributed by atoms with Crippen molar-refractivity contribution in [3.8, 4) is 11.3 Å². The molecule has 2 aromatic rings. The van der Waals surface area contributed by atoms with Gasteiger partial charge in [-0.1, -0.05) is 5.16 Å². The summed E-state index contributed by atoms with van der Waals surface area (Å²) in [4.78, 5) is 27.7. The first kappa shape index (κ1) is 18.0. The summed E-state index contributed by atoms with van der Waals surface area (Å²) in [6.07, 6.45) is 0.406. The highest BCUT2D eigenvalue weighted by Crippen LogP contribution is 2.30. The number of rotatable bonds is 3. The van der Waals surface area contributed by atoms with E-state index in [9.17, 15) is 18.4 Å². The number of hydrogen-bond donors (Lipinski definition) is 0. The Labute approximate surface area is 149 Å². The zero-order chi connectivity index (χ0) is 18.8. The maximum atomic E-state index is 13.5. The van der Waals surface area contributed by atoms with E-state index in [1.165, 1.54) is 15.9 Å². The number of aromatic nitrogens is 1. The molecule has 0 radical (unpaired) electrons. The molecule has 2 amide bonds. The first-order valence-corrected chi connectivity index (χ1v) is 8.47. The zero-order valence-electron chi connectivity index (χ0n) is 14.6. The molecule has 0 unspecified atom stereocenters. The normalized spacial score (nSPS) is 13.5. The molecule has 1 aromatic heterocycles. The summed E-state index contributed by atoms with van der Waals surface area (Å²) in [6.45, 7) is 5.00. The lowest BCUT2D eigenvalue weighted by molar-refractivity contribution is -0.152. The van der Waals surface area contributed by atoms with Crippen LogP contribution in [0, 0.1) is 11.6 Å². The molecule has 26 heavy (non-hydrogen) atoms. The number of nitrogens with zero attached hydrogens (tertiary/aromatic N) is 3. The molecule has 1 aliphatic rings. The number of halogens is 2. The third-order valence-corrected chi connectivity index (χ3v) is 4.54. The third-order valence-electron chi connectivity index (χ3n) is 4.54. The van der Waals surface area contributed by atoms with Crippen molar-refractivity contribution in [3.63, 3.8) is 0 Å². The minimum absolute atomic E-state index is 0.138. The first-order chi connectivity index (χ1) is 12.5. The monoisotopic (exact) mass is 363 g/mol. The number of carbonyl (C=O) groups excluding carboxylic acids is 2. The van der Waals surface area contributed by atoms with Gasteiger partial charge < -0.3 is 14.3 Å². The Morgan fingerprint density at radius 3 is 2.62 bits per heavy atom. The van der Waals surface area contributed by atoms with E-state index in [2.05, 4.69) is 5.16 Å². The molecule has 1 aliphatic heterocycles. The lowest BCUT2D eigenvalue weighted by Crippen LogP contribution is -2.46. The van der Waals surface area contributed by atoms with E-state index >= 15 is 0 Å². The van der Waals surface area contributed by atoms with Gasteiger partial charge in [-0.05, 0) is 32.0 Å². The molecule has 0 saturated heterocycles. The SMILES string of the molecule is CCN(CC)C(=O)C(=O)N1CCc2onc(-c3ccc(F)c(F)c3)c2C1. The Hall–Kier alpha value is -2.77. The lowest BCUT2D eigenvalue weighted by Gasteiger charge is -2.28. The molecule has 138 valence electrons. The molecule has 6 nitrogen and oxygen atoms in total. The van der Waals surface area contributed by atoms with Crippen molar-refractivity contribution in [2.45, 2.75) is 26.8 Å². The van der Waals surface area contributed by atoms with Crippen molar-refractivity contribution in [1.29, 1.82) is 0 Å². The number of hydrogen-bond acceptors (Lipinski definition) is 4. The fraction of sp³-hybridized carbons (Fsp3) is 0.389. The summed E-state index contributed by atoms with van der Waals surface area (Å²) >= 11 is 0. The van der Waals surface area contributed by atoms with Crippen LogP contribution >= 0.6 is 0 Å². The van der Waals surface area contributed by atoms with Crippen LogP contribution in [0.5, 0.6) is 0 Å². The van der Waals surface area contributed by atoms with Crippen molar-refractivity contribution in [2.75, 3.05) is 19.6 Å². The summed E-state index contributed by atoms with van der Waals surface area (Å²) in [7, 11) is 0. The van der Waals surface area contributed by atoms with Crippen LogP contribution in [-0.2, 0) is 22.6 Å². The van der Waals surface area contributed by atoms with Gasteiger partial charge in [-0.2, -0.15) is 0 Å². The second-order valence-electron chi connectivity index (χ2n) is 6.02. The van der Waals surface area contributed by atoms with Gasteiger partial charge in [-0.25, -0.2) is 8.78 Å². The van der Waals surface area contributed by atoms with Crippen LogP contribution in [0.3, 0.4) is 0 Å². The van der Waals surface area contributed by atoms with Crippen molar-refractivity contribution in [3.05, 3.63) is 41.2 Å². The van der Waals surface area contributed by atoms with E-state index in [1.807, 2.05) is 13.8 Å². The summed E-state index contributed by atoms with van der Waals surface area (Å²) in [5.74, 6) is -2.49. The van der Waals surface area contributed by atoms with Crippen LogP contribution in [0.4, 0.5) is 8.78 Å². The van der Waals surface area contributed by atoms with Crippen molar-refractivity contribution < 1.29 is 22.9 Å². The van der Waals surface area contributed by atoms with Gasteiger partial charge in [0.15, 0.2) is 11.6 Å². The van der Waals surface area contributed by atoms with Gasteiger partial charge >= 0.3 is 11.8 Å². The standard InChI is InChI=1S/C18H19F2N3O3/c1-3-22(4-2)17(24)18(25)23-8-7-15-12(10-23)16(21-26-15)11-5-6-13(19)14(20)9-11/h5-6,9H,3-4,7-8,10H2,1-2H3. The van der Waals surface area contributed by atoms with Crippen LogP contribution in [0.1, 0.15) is 25.2 Å². The van der Waals surface area contributed by atoms with Gasteiger partial charge in [0, 0.05) is 37.2 Å². The van der Waals surface area contributed by atoms with Crippen LogP contribution < -0.4 is 0 Å². The number of likely N-dealkylation sites (N-methyl/N-ethyl adjacent to an activating group) is 1. The average Bonchev–Trinajstić information content (AvgIpc) is 3.07. The smallest absolute Gasteiger partial charge is 0.312 e. The second-order valence-corrected chi connectivity index (χ2v) is 6.02. The Kier molecular flexibility index (Phi) is 5.01. The van der Waals surface area contributed by atoms with Gasteiger partial charge in [0.2, 0.25) is 0 Å². The number of carbonyl (C=O) groups is 2. The Morgan fingerprint density at radius 1 is 1.23 bits per heavy atom. The molecule has 0 spiro atoms. The Balaban J connectivity index is 1.86. The van der Waals surface area contributed by atoms with Crippen molar-refractivity contribution in [2.24, 2.45) is 0 Å². The summed E-state index contributed by atoms with van der Waals surface area (Å²) in [6, 6.07) is 3.45. The number of amides is 2. The lowest BCUT2D eigenvalue weighted by atomic mass is 10.0. The predicted octanol–water partition coefficient (Wildman–Crippen LogP) is 2.37. The fourth-order valence-electron chi connectivity index (χ4n) is 3.03. The van der Waals surface area contributed by atoms with Crippen LogP contribution in [0.25, 0.3) is 11.3 Å². The highest BCUT2D eigenvalue weighted by atomic mass is 19.2. The molecular weight excluding hydrogens is 344 g/mol. The van der Waals surface area contributed by atoms with Gasteiger partial charge in [0.25, 0.3) is 0 Å².